The summed E-state index contributed by atoms with van der Waals surface area (Å²) in [6, 6.07) is 25.3. The third-order valence-electron chi connectivity index (χ3n) is 4.88. The van der Waals surface area contributed by atoms with Gasteiger partial charge in [0.1, 0.15) is 10.8 Å². The Morgan fingerprint density at radius 3 is 2.55 bits per heavy atom. The number of nitrogens with zero attached hydrogens (tertiary/aromatic N) is 4. The summed E-state index contributed by atoms with van der Waals surface area (Å²) in [5.74, 6) is 0.999. The molecule has 0 saturated carbocycles. The summed E-state index contributed by atoms with van der Waals surface area (Å²) in [7, 11) is 1.60. The van der Waals surface area contributed by atoms with E-state index in [1.165, 1.54) is 11.3 Å². The number of hydrogen-bond donors (Lipinski definition) is 1. The van der Waals surface area contributed by atoms with Crippen LogP contribution in [0, 0.1) is 0 Å². The molecule has 3 aromatic carbocycles. The fraction of sp³-hybridized carbons (Fsp3) is 0.0833. The van der Waals surface area contributed by atoms with E-state index in [1.54, 1.807) is 43.1 Å². The van der Waals surface area contributed by atoms with Crippen LogP contribution in [0.25, 0.3) is 16.7 Å². The first-order chi connectivity index (χ1) is 16.2. The van der Waals surface area contributed by atoms with Crippen molar-refractivity contribution in [3.05, 3.63) is 88.9 Å². The topological polar surface area (TPSA) is 81.9 Å². The zero-order chi connectivity index (χ0) is 22.6. The van der Waals surface area contributed by atoms with Gasteiger partial charge < -0.3 is 10.1 Å². The van der Waals surface area contributed by atoms with Crippen LogP contribution in [0.3, 0.4) is 0 Å². The van der Waals surface area contributed by atoms with E-state index in [4.69, 9.17) is 9.72 Å². The van der Waals surface area contributed by atoms with Crippen LogP contribution in [-0.2, 0) is 5.75 Å². The lowest BCUT2D eigenvalue weighted by Gasteiger charge is -2.08. The number of para-hydroxylation sites is 3. The van der Waals surface area contributed by atoms with Gasteiger partial charge in [-0.2, -0.15) is 0 Å². The Kier molecular flexibility index (Phi) is 6.05. The Bertz CT molecular complexity index is 1400. The predicted octanol–water partition coefficient (Wildman–Crippen LogP) is 5.43. The molecule has 0 atom stereocenters. The maximum atomic E-state index is 12.6. The molecule has 164 valence electrons. The van der Waals surface area contributed by atoms with Crippen molar-refractivity contribution in [1.29, 1.82) is 0 Å². The monoisotopic (exact) mass is 473 g/mol. The molecule has 0 aliphatic carbocycles. The summed E-state index contributed by atoms with van der Waals surface area (Å²) in [4.78, 5) is 17.4. The van der Waals surface area contributed by atoms with Crippen LogP contribution in [-0.4, -0.2) is 32.8 Å². The van der Waals surface area contributed by atoms with Crippen molar-refractivity contribution in [1.82, 2.24) is 19.7 Å². The Morgan fingerprint density at radius 2 is 1.76 bits per heavy atom. The third kappa shape index (κ3) is 4.59. The first-order valence-corrected chi connectivity index (χ1v) is 11.9. The number of carbonyl (C=O) groups is 1. The minimum absolute atomic E-state index is 0.287. The molecule has 33 heavy (non-hydrogen) atoms. The second kappa shape index (κ2) is 9.43. The first-order valence-electron chi connectivity index (χ1n) is 10.1. The lowest BCUT2D eigenvalue weighted by Crippen LogP contribution is -2.11. The van der Waals surface area contributed by atoms with Crippen molar-refractivity contribution in [2.45, 2.75) is 10.9 Å². The van der Waals surface area contributed by atoms with Crippen LogP contribution < -0.4 is 10.1 Å². The van der Waals surface area contributed by atoms with Gasteiger partial charge in [-0.3, -0.25) is 9.36 Å². The fourth-order valence-electron chi connectivity index (χ4n) is 3.32. The van der Waals surface area contributed by atoms with Crippen molar-refractivity contribution >= 4 is 45.7 Å². The molecule has 2 heterocycles. The summed E-state index contributed by atoms with van der Waals surface area (Å²) in [5.41, 5.74) is 3.69. The molecular formula is C24H19N5O2S2. The second-order valence-corrected chi connectivity index (χ2v) is 9.03. The molecule has 5 aromatic rings. The maximum Gasteiger partial charge on any atom is 0.286 e. The number of amides is 1. The minimum atomic E-state index is -0.287. The maximum absolute atomic E-state index is 12.6. The summed E-state index contributed by atoms with van der Waals surface area (Å²) in [6.07, 6.45) is 0. The second-order valence-electron chi connectivity index (χ2n) is 7.03. The van der Waals surface area contributed by atoms with Crippen LogP contribution in [0.15, 0.2) is 84.0 Å². The van der Waals surface area contributed by atoms with E-state index < -0.39 is 0 Å². The summed E-state index contributed by atoms with van der Waals surface area (Å²) in [6.45, 7) is 0. The molecule has 1 N–H and O–H groups in total. The molecular weight excluding hydrogens is 454 g/mol. The number of thioether (sulfide) groups is 1. The number of fused-ring (bicyclic) bond motifs is 1. The van der Waals surface area contributed by atoms with Crippen molar-refractivity contribution in [2.75, 3.05) is 12.4 Å². The average Bonchev–Trinajstić information content (AvgIpc) is 3.48. The Labute approximate surface area is 198 Å². The highest BCUT2D eigenvalue weighted by atomic mass is 32.2. The van der Waals surface area contributed by atoms with Gasteiger partial charge in [0, 0.05) is 11.4 Å². The molecule has 0 fully saturated rings. The van der Waals surface area contributed by atoms with E-state index in [0.717, 1.165) is 32.6 Å². The van der Waals surface area contributed by atoms with E-state index in [1.807, 2.05) is 36.4 Å². The number of rotatable bonds is 7. The zero-order valence-electron chi connectivity index (χ0n) is 17.6. The van der Waals surface area contributed by atoms with Gasteiger partial charge in [-0.25, -0.2) is 4.98 Å². The first kappa shape index (κ1) is 21.2. The normalized spacial score (nSPS) is 10.9. The van der Waals surface area contributed by atoms with E-state index in [9.17, 15) is 4.79 Å². The van der Waals surface area contributed by atoms with Crippen molar-refractivity contribution in [2.24, 2.45) is 0 Å². The highest BCUT2D eigenvalue weighted by Gasteiger charge is 2.16. The number of carbonyl (C=O) groups excluding carboxylic acids is 1. The molecule has 0 aliphatic heterocycles. The third-order valence-corrected chi connectivity index (χ3v) is 6.93. The van der Waals surface area contributed by atoms with Crippen molar-refractivity contribution in [3.8, 4) is 11.4 Å². The van der Waals surface area contributed by atoms with Gasteiger partial charge in [-0.05, 0) is 48.5 Å². The number of ether oxygens (including phenoxy) is 1. The summed E-state index contributed by atoms with van der Waals surface area (Å²) < 4.78 is 7.28. The lowest BCUT2D eigenvalue weighted by molar-refractivity contribution is 0.102. The zero-order valence-corrected chi connectivity index (χ0v) is 19.3. The molecule has 5 rings (SSSR count). The molecule has 9 heteroatoms. The van der Waals surface area contributed by atoms with Gasteiger partial charge in [0.15, 0.2) is 5.16 Å². The SMILES string of the molecule is COc1ccc(NC(=O)c2nnc(CSc3nc4ccccc4n3-c3ccccc3)s2)cc1. The van der Waals surface area contributed by atoms with Crippen LogP contribution in [0.2, 0.25) is 0 Å². The molecule has 7 nitrogen and oxygen atoms in total. The summed E-state index contributed by atoms with van der Waals surface area (Å²) in [5, 5.41) is 13.1. The quantitative estimate of drug-likeness (QED) is 0.318. The van der Waals surface area contributed by atoms with E-state index >= 15 is 0 Å². The average molecular weight is 474 g/mol. The fourth-order valence-corrected chi connectivity index (χ4v) is 5.06. The van der Waals surface area contributed by atoms with Gasteiger partial charge in [0.05, 0.1) is 23.9 Å². The summed E-state index contributed by atoms with van der Waals surface area (Å²) >= 11 is 2.85. The Morgan fingerprint density at radius 1 is 1.00 bits per heavy atom. The van der Waals surface area contributed by atoms with E-state index in [2.05, 4.69) is 38.3 Å². The molecule has 0 bridgehead atoms. The van der Waals surface area contributed by atoms with E-state index in [0.29, 0.717) is 16.4 Å². The van der Waals surface area contributed by atoms with Crippen molar-refractivity contribution in [3.63, 3.8) is 0 Å². The molecule has 0 radical (unpaired) electrons. The van der Waals surface area contributed by atoms with Gasteiger partial charge in [-0.1, -0.05) is 53.4 Å². The van der Waals surface area contributed by atoms with Gasteiger partial charge in [0.2, 0.25) is 5.01 Å². The number of methoxy groups -OCH3 is 1. The number of benzene rings is 3. The standard InChI is InChI=1S/C24H19N5O2S2/c1-31-18-13-11-16(12-14-18)25-22(30)23-28-27-21(33-23)15-32-24-26-19-9-5-6-10-20(19)29(24)17-7-3-2-4-8-17/h2-14H,15H2,1H3,(H,25,30). The molecule has 1 amide bonds. The number of imidazole rings is 1. The smallest absolute Gasteiger partial charge is 0.286 e. The highest BCUT2D eigenvalue weighted by molar-refractivity contribution is 7.98. The number of anilines is 1. The Balaban J connectivity index is 1.32. The van der Waals surface area contributed by atoms with Crippen LogP contribution in [0.1, 0.15) is 14.8 Å². The molecule has 2 aromatic heterocycles. The van der Waals surface area contributed by atoms with Crippen LogP contribution in [0.4, 0.5) is 5.69 Å². The number of nitrogens with one attached hydrogen (secondary N) is 1. The minimum Gasteiger partial charge on any atom is -0.497 e. The highest BCUT2D eigenvalue weighted by Crippen LogP contribution is 2.30. The molecule has 0 spiro atoms. The lowest BCUT2D eigenvalue weighted by atomic mass is 10.3. The largest absolute Gasteiger partial charge is 0.497 e. The molecule has 0 aliphatic rings. The van der Waals surface area contributed by atoms with Gasteiger partial charge in [-0.15, -0.1) is 10.2 Å². The van der Waals surface area contributed by atoms with Crippen molar-refractivity contribution < 1.29 is 9.53 Å². The predicted molar refractivity (Wildman–Crippen MR) is 131 cm³/mol. The van der Waals surface area contributed by atoms with Gasteiger partial charge >= 0.3 is 0 Å². The number of hydrogen-bond acceptors (Lipinski definition) is 7. The molecule has 0 saturated heterocycles. The number of aromatic nitrogens is 4. The van der Waals surface area contributed by atoms with Crippen LogP contribution >= 0.6 is 23.1 Å². The molecule has 0 unspecified atom stereocenters. The van der Waals surface area contributed by atoms with Gasteiger partial charge in [0.25, 0.3) is 5.91 Å². The van der Waals surface area contributed by atoms with E-state index in [-0.39, 0.29) is 5.91 Å². The van der Waals surface area contributed by atoms with Crippen LogP contribution in [0.5, 0.6) is 5.75 Å². The Hall–Kier alpha value is -3.69.